The Hall–Kier alpha value is 0.274. The number of nitrogens with two attached hydrogens (primary N) is 1. The van der Waals surface area contributed by atoms with Crippen molar-refractivity contribution in [3.05, 3.63) is 0 Å². The molecule has 0 radical (unpaired) electrons. The van der Waals surface area contributed by atoms with Crippen molar-refractivity contribution in [2.75, 3.05) is 26.4 Å². The summed E-state index contributed by atoms with van der Waals surface area (Å²) in [5.41, 5.74) is 5.64. The van der Waals surface area contributed by atoms with Crippen LogP contribution in [0.5, 0.6) is 0 Å². The monoisotopic (exact) mass is 279 g/mol. The van der Waals surface area contributed by atoms with E-state index >= 15 is 0 Å². The number of hydrogen-bond acceptors (Lipinski definition) is 4. The third kappa shape index (κ3) is 8.07. The van der Waals surface area contributed by atoms with E-state index in [-0.39, 0.29) is 0 Å². The summed E-state index contributed by atoms with van der Waals surface area (Å²) in [6.07, 6.45) is 0. The molecule has 0 unspecified atom stereocenters. The maximum absolute atomic E-state index is 5.98. The Morgan fingerprint density at radius 1 is 0.882 bits per heavy atom. The van der Waals surface area contributed by atoms with E-state index in [1.807, 2.05) is 13.8 Å². The van der Waals surface area contributed by atoms with Gasteiger partial charge in [0.1, 0.15) is 0 Å². The molecule has 0 fully saturated rings. The van der Waals surface area contributed by atoms with Gasteiger partial charge < -0.3 is 19.0 Å². The Bertz CT molecular complexity index is 181. The molecule has 6 heteroatoms. The third-order valence-corrected chi connectivity index (χ3v) is 7.06. The van der Waals surface area contributed by atoms with Crippen molar-refractivity contribution in [1.82, 2.24) is 0 Å². The number of rotatable bonds is 10. The fraction of sp³-hybridized carbons (Fsp3) is 1.00. The minimum absolute atomic E-state index is 0.555. The van der Waals surface area contributed by atoms with Crippen molar-refractivity contribution in [3.8, 4) is 0 Å². The molecule has 4 nitrogen and oxygen atoms in total. The van der Waals surface area contributed by atoms with Gasteiger partial charge >= 0.3 is 8.80 Å². The zero-order chi connectivity index (χ0) is 13.4. The topological polar surface area (TPSA) is 53.7 Å². The van der Waals surface area contributed by atoms with Crippen molar-refractivity contribution in [3.63, 3.8) is 0 Å². The first kappa shape index (κ1) is 17.3. The first-order valence-electron chi connectivity index (χ1n) is 6.51. The van der Waals surface area contributed by atoms with E-state index in [9.17, 15) is 0 Å². The predicted molar refractivity (Wildman–Crippen MR) is 77.0 cm³/mol. The van der Waals surface area contributed by atoms with Crippen LogP contribution in [0.15, 0.2) is 0 Å². The average molecular weight is 280 g/mol. The summed E-state index contributed by atoms with van der Waals surface area (Å²) < 4.78 is 17.5. The molecule has 0 aliphatic carbocycles. The fourth-order valence-electron chi connectivity index (χ4n) is 1.47. The molecule has 2 N–H and O–H groups in total. The van der Waals surface area contributed by atoms with E-state index in [0.29, 0.717) is 25.8 Å². The van der Waals surface area contributed by atoms with Crippen LogP contribution < -0.4 is 5.73 Å². The van der Waals surface area contributed by atoms with Crippen LogP contribution >= 0.6 is 0 Å². The molecular weight excluding hydrogens is 250 g/mol. The molecule has 0 atom stereocenters. The van der Waals surface area contributed by atoms with Crippen LogP contribution in [0.3, 0.4) is 0 Å². The molecule has 0 aromatic heterocycles. The van der Waals surface area contributed by atoms with Gasteiger partial charge in [-0.25, -0.2) is 0 Å². The Morgan fingerprint density at radius 3 is 1.76 bits per heavy atom. The average Bonchev–Trinajstić information content (AvgIpc) is 2.16. The smallest absolute Gasteiger partial charge is 0.374 e. The first-order valence-corrected chi connectivity index (χ1v) is 12.1. The van der Waals surface area contributed by atoms with Crippen molar-refractivity contribution >= 4 is 16.9 Å². The molecule has 0 amide bonds. The molecule has 0 aromatic carbocycles. The van der Waals surface area contributed by atoms with Gasteiger partial charge in [-0.05, 0) is 26.4 Å². The molecule has 0 saturated carbocycles. The highest BCUT2D eigenvalue weighted by atomic mass is 28.4. The van der Waals surface area contributed by atoms with E-state index in [1.165, 1.54) is 0 Å². The van der Waals surface area contributed by atoms with Gasteiger partial charge in [0.25, 0.3) is 0 Å². The van der Waals surface area contributed by atoms with E-state index < -0.39 is 16.9 Å². The lowest BCUT2D eigenvalue weighted by Gasteiger charge is -2.29. The first-order chi connectivity index (χ1) is 7.89. The van der Waals surface area contributed by atoms with Gasteiger partial charge in [-0.3, -0.25) is 0 Å². The van der Waals surface area contributed by atoms with Crippen molar-refractivity contribution in [2.45, 2.75) is 45.6 Å². The molecule has 0 spiro atoms. The van der Waals surface area contributed by atoms with Crippen LogP contribution in [0, 0.1) is 0 Å². The SMILES string of the molecule is CCO[Si](CCN)(OCC)OCC[Si](C)(C)C. The van der Waals surface area contributed by atoms with Gasteiger partial charge in [-0.15, -0.1) is 0 Å². The van der Waals surface area contributed by atoms with Crippen molar-refractivity contribution in [2.24, 2.45) is 5.73 Å². The minimum atomic E-state index is -2.50. The highest BCUT2D eigenvalue weighted by Crippen LogP contribution is 2.17. The minimum Gasteiger partial charge on any atom is -0.374 e. The molecule has 17 heavy (non-hydrogen) atoms. The molecule has 0 saturated heterocycles. The summed E-state index contributed by atoms with van der Waals surface area (Å²) in [6, 6.07) is 1.84. The van der Waals surface area contributed by atoms with Gasteiger partial charge in [-0.2, -0.15) is 0 Å². The molecule has 0 aromatic rings. The molecule has 0 bridgehead atoms. The predicted octanol–water partition coefficient (Wildman–Crippen LogP) is 2.31. The van der Waals surface area contributed by atoms with Gasteiger partial charge in [0.05, 0.1) is 0 Å². The molecule has 0 heterocycles. The van der Waals surface area contributed by atoms with Crippen LogP contribution in [0.1, 0.15) is 13.8 Å². The van der Waals surface area contributed by atoms with Crippen LogP contribution in [0.2, 0.25) is 31.7 Å². The highest BCUT2D eigenvalue weighted by Gasteiger charge is 2.39. The van der Waals surface area contributed by atoms with Crippen molar-refractivity contribution < 1.29 is 13.3 Å². The molecule has 0 aliphatic rings. The van der Waals surface area contributed by atoms with Gasteiger partial charge in [0.15, 0.2) is 0 Å². The lowest BCUT2D eigenvalue weighted by Crippen LogP contribution is -2.48. The van der Waals surface area contributed by atoms with E-state index in [0.717, 1.165) is 12.7 Å². The van der Waals surface area contributed by atoms with Gasteiger partial charge in [0.2, 0.25) is 0 Å². The van der Waals surface area contributed by atoms with E-state index in [2.05, 4.69) is 19.6 Å². The molecule has 0 rings (SSSR count). The second-order valence-corrected chi connectivity index (χ2v) is 13.6. The lowest BCUT2D eigenvalue weighted by atomic mass is 10.8. The van der Waals surface area contributed by atoms with Gasteiger partial charge in [0, 0.05) is 33.9 Å². The second-order valence-electron chi connectivity index (χ2n) is 5.25. The van der Waals surface area contributed by atoms with Crippen molar-refractivity contribution in [1.29, 1.82) is 0 Å². The van der Waals surface area contributed by atoms with E-state index in [1.54, 1.807) is 0 Å². The normalized spacial score (nSPS) is 13.1. The van der Waals surface area contributed by atoms with Crippen LogP contribution in [0.4, 0.5) is 0 Å². The van der Waals surface area contributed by atoms with Crippen LogP contribution in [-0.4, -0.2) is 43.2 Å². The Morgan fingerprint density at radius 2 is 1.41 bits per heavy atom. The third-order valence-electron chi connectivity index (χ3n) is 2.35. The summed E-state index contributed by atoms with van der Waals surface area (Å²) in [4.78, 5) is 0. The summed E-state index contributed by atoms with van der Waals surface area (Å²) >= 11 is 0. The molecule has 104 valence electrons. The Kier molecular flexibility index (Phi) is 8.52. The van der Waals surface area contributed by atoms with E-state index in [4.69, 9.17) is 19.0 Å². The largest absolute Gasteiger partial charge is 0.502 e. The maximum Gasteiger partial charge on any atom is 0.502 e. The maximum atomic E-state index is 5.98. The Balaban J connectivity index is 4.33. The molecular formula is C11H29NO3Si2. The molecule has 0 aliphatic heterocycles. The number of hydrogen-bond donors (Lipinski definition) is 1. The second kappa shape index (κ2) is 8.39. The quantitative estimate of drug-likeness (QED) is 0.624. The zero-order valence-electron chi connectivity index (χ0n) is 12.0. The summed E-state index contributed by atoms with van der Waals surface area (Å²) in [5, 5.41) is 0. The standard InChI is InChI=1S/C11H29NO3Si2/c1-6-13-17(10-8-12,14-7-2)15-9-11-16(3,4)5/h6-12H2,1-5H3. The zero-order valence-corrected chi connectivity index (χ0v) is 14.0. The van der Waals surface area contributed by atoms with Crippen LogP contribution in [0.25, 0.3) is 0 Å². The fourth-order valence-corrected chi connectivity index (χ4v) is 4.72. The highest BCUT2D eigenvalue weighted by molar-refractivity contribution is 6.76. The van der Waals surface area contributed by atoms with Crippen LogP contribution in [-0.2, 0) is 13.3 Å². The summed E-state index contributed by atoms with van der Waals surface area (Å²) in [6.45, 7) is 13.5. The Labute approximate surface area is 108 Å². The summed E-state index contributed by atoms with van der Waals surface area (Å²) in [5.74, 6) is 0. The van der Waals surface area contributed by atoms with Gasteiger partial charge in [-0.1, -0.05) is 19.6 Å². The lowest BCUT2D eigenvalue weighted by molar-refractivity contribution is 0.0717. The summed E-state index contributed by atoms with van der Waals surface area (Å²) in [7, 11) is -3.57.